The van der Waals surface area contributed by atoms with Crippen LogP contribution < -0.4 is 10.5 Å². The second-order valence-electron chi connectivity index (χ2n) is 5.00. The Morgan fingerprint density at radius 3 is 2.71 bits per heavy atom. The molecule has 3 N–H and O–H groups in total. The quantitative estimate of drug-likeness (QED) is 0.497. The minimum atomic E-state index is -0.900. The standard InChI is InChI=1S/C13H17N3O5/c14-11-2-1-10(7-12(11)16(19)20)21-8-9-3-5-15(6-4-9)13(17)18/h1-2,7,9H,3-6,8,14H2,(H,17,18). The van der Waals surface area contributed by atoms with Crippen LogP contribution in [0.3, 0.4) is 0 Å². The molecule has 0 bridgehead atoms. The lowest BCUT2D eigenvalue weighted by Gasteiger charge is -2.29. The molecule has 8 heteroatoms. The topological polar surface area (TPSA) is 119 Å². The van der Waals surface area contributed by atoms with Gasteiger partial charge in [0.2, 0.25) is 0 Å². The maximum absolute atomic E-state index is 10.8. The van der Waals surface area contributed by atoms with Crippen LogP contribution in [0.25, 0.3) is 0 Å². The van der Waals surface area contributed by atoms with Gasteiger partial charge in [-0.2, -0.15) is 0 Å². The van der Waals surface area contributed by atoms with Crippen molar-refractivity contribution in [3.63, 3.8) is 0 Å². The van der Waals surface area contributed by atoms with Gasteiger partial charge >= 0.3 is 6.09 Å². The molecule has 0 unspecified atom stereocenters. The van der Waals surface area contributed by atoms with Gasteiger partial charge in [0.05, 0.1) is 17.6 Å². The van der Waals surface area contributed by atoms with Crippen LogP contribution >= 0.6 is 0 Å². The number of likely N-dealkylation sites (tertiary alicyclic amines) is 1. The third-order valence-electron chi connectivity index (χ3n) is 3.57. The van der Waals surface area contributed by atoms with Crippen molar-refractivity contribution in [3.8, 4) is 5.75 Å². The lowest BCUT2D eigenvalue weighted by molar-refractivity contribution is -0.384. The molecule has 0 aromatic heterocycles. The Balaban J connectivity index is 1.88. The van der Waals surface area contributed by atoms with Gasteiger partial charge in [-0.1, -0.05) is 0 Å². The van der Waals surface area contributed by atoms with Crippen LogP contribution in [0.5, 0.6) is 5.75 Å². The van der Waals surface area contributed by atoms with Crippen molar-refractivity contribution in [2.75, 3.05) is 25.4 Å². The van der Waals surface area contributed by atoms with Crippen LogP contribution in [-0.2, 0) is 0 Å². The number of nitro groups is 1. The van der Waals surface area contributed by atoms with Crippen molar-refractivity contribution in [2.24, 2.45) is 5.92 Å². The molecule has 0 saturated carbocycles. The first kappa shape index (κ1) is 14.9. The molecule has 1 aromatic carbocycles. The predicted molar refractivity (Wildman–Crippen MR) is 75.3 cm³/mol. The summed E-state index contributed by atoms with van der Waals surface area (Å²) in [4.78, 5) is 22.4. The molecular formula is C13H17N3O5. The van der Waals surface area contributed by atoms with Gasteiger partial charge in [-0.25, -0.2) is 4.79 Å². The van der Waals surface area contributed by atoms with Crippen LogP contribution in [0.15, 0.2) is 18.2 Å². The largest absolute Gasteiger partial charge is 0.493 e. The second-order valence-corrected chi connectivity index (χ2v) is 5.00. The lowest BCUT2D eigenvalue weighted by Crippen LogP contribution is -2.38. The molecule has 8 nitrogen and oxygen atoms in total. The van der Waals surface area contributed by atoms with Crippen LogP contribution in [0.2, 0.25) is 0 Å². The number of carboxylic acid groups (broad SMARTS) is 1. The fourth-order valence-corrected chi connectivity index (χ4v) is 2.28. The zero-order chi connectivity index (χ0) is 15.4. The average Bonchev–Trinajstić information content (AvgIpc) is 2.46. The van der Waals surface area contributed by atoms with Crippen LogP contribution in [0, 0.1) is 16.0 Å². The molecule has 2 rings (SSSR count). The number of anilines is 1. The van der Waals surface area contributed by atoms with E-state index in [0.29, 0.717) is 25.4 Å². The molecular weight excluding hydrogens is 278 g/mol. The van der Waals surface area contributed by atoms with Crippen molar-refractivity contribution in [1.29, 1.82) is 0 Å². The number of carbonyl (C=O) groups is 1. The summed E-state index contributed by atoms with van der Waals surface area (Å²) in [6.45, 7) is 1.39. The zero-order valence-corrected chi connectivity index (χ0v) is 11.4. The Morgan fingerprint density at radius 2 is 2.14 bits per heavy atom. The van der Waals surface area contributed by atoms with Gasteiger partial charge in [-0.3, -0.25) is 10.1 Å². The van der Waals surface area contributed by atoms with Crippen molar-refractivity contribution >= 4 is 17.5 Å². The van der Waals surface area contributed by atoms with Gasteiger partial charge in [-0.05, 0) is 30.9 Å². The molecule has 0 atom stereocenters. The summed E-state index contributed by atoms with van der Waals surface area (Å²) in [5, 5.41) is 19.6. The van der Waals surface area contributed by atoms with Crippen molar-refractivity contribution in [2.45, 2.75) is 12.8 Å². The molecule has 1 aromatic rings. The fourth-order valence-electron chi connectivity index (χ4n) is 2.28. The number of piperidine rings is 1. The minimum Gasteiger partial charge on any atom is -0.493 e. The number of nitro benzene ring substituents is 1. The highest BCUT2D eigenvalue weighted by molar-refractivity contribution is 5.65. The molecule has 0 radical (unpaired) electrons. The first-order valence-corrected chi connectivity index (χ1v) is 6.62. The van der Waals surface area contributed by atoms with E-state index in [9.17, 15) is 14.9 Å². The minimum absolute atomic E-state index is 0.0992. The Bertz CT molecular complexity index is 541. The molecule has 1 aliphatic rings. The van der Waals surface area contributed by atoms with Gasteiger partial charge in [0, 0.05) is 13.1 Å². The predicted octanol–water partition coefficient (Wildman–Crippen LogP) is 1.95. The first-order chi connectivity index (χ1) is 9.97. The van der Waals surface area contributed by atoms with Crippen LogP contribution in [0.4, 0.5) is 16.2 Å². The number of nitrogen functional groups attached to an aromatic ring is 1. The van der Waals surface area contributed by atoms with E-state index in [4.69, 9.17) is 15.6 Å². The number of nitrogens with zero attached hydrogens (tertiary/aromatic N) is 2. The van der Waals surface area contributed by atoms with E-state index in [1.165, 1.54) is 17.0 Å². The summed E-state index contributed by atoms with van der Waals surface area (Å²) >= 11 is 0. The summed E-state index contributed by atoms with van der Waals surface area (Å²) in [5.74, 6) is 0.647. The smallest absolute Gasteiger partial charge is 0.407 e. The van der Waals surface area contributed by atoms with Gasteiger partial charge in [0.1, 0.15) is 11.4 Å². The molecule has 0 aliphatic carbocycles. The molecule has 1 heterocycles. The number of rotatable bonds is 4. The number of benzene rings is 1. The summed E-state index contributed by atoms with van der Waals surface area (Å²) < 4.78 is 5.56. The number of nitrogens with two attached hydrogens (primary N) is 1. The number of ether oxygens (including phenoxy) is 1. The third-order valence-corrected chi connectivity index (χ3v) is 3.57. The van der Waals surface area contributed by atoms with Crippen molar-refractivity contribution in [1.82, 2.24) is 4.90 Å². The highest BCUT2D eigenvalue weighted by Gasteiger charge is 2.23. The Morgan fingerprint density at radius 1 is 1.48 bits per heavy atom. The van der Waals surface area contributed by atoms with Crippen molar-refractivity contribution in [3.05, 3.63) is 28.3 Å². The molecule has 1 amide bonds. The SMILES string of the molecule is Nc1ccc(OCC2CCN(C(=O)O)CC2)cc1[N+](=O)[O-]. The third kappa shape index (κ3) is 3.74. The van der Waals surface area contributed by atoms with Crippen LogP contribution in [-0.4, -0.2) is 40.7 Å². The monoisotopic (exact) mass is 295 g/mol. The summed E-state index contributed by atoms with van der Waals surface area (Å²) in [6.07, 6.45) is 0.552. The highest BCUT2D eigenvalue weighted by Crippen LogP contribution is 2.27. The van der Waals surface area contributed by atoms with E-state index < -0.39 is 11.0 Å². The van der Waals surface area contributed by atoms with Gasteiger partial charge in [0.25, 0.3) is 5.69 Å². The average molecular weight is 295 g/mol. The molecule has 1 fully saturated rings. The van der Waals surface area contributed by atoms with Gasteiger partial charge in [0.15, 0.2) is 0 Å². The molecule has 1 saturated heterocycles. The Kier molecular flexibility index (Phi) is 4.46. The Hall–Kier alpha value is -2.51. The van der Waals surface area contributed by atoms with E-state index in [1.807, 2.05) is 0 Å². The summed E-state index contributed by atoms with van der Waals surface area (Å²) in [5.41, 5.74) is 5.44. The van der Waals surface area contributed by atoms with E-state index >= 15 is 0 Å². The number of hydrogen-bond donors (Lipinski definition) is 2. The van der Waals surface area contributed by atoms with E-state index in [1.54, 1.807) is 6.07 Å². The van der Waals surface area contributed by atoms with Crippen LogP contribution in [0.1, 0.15) is 12.8 Å². The Labute approximate surface area is 121 Å². The van der Waals surface area contributed by atoms with Gasteiger partial charge < -0.3 is 20.5 Å². The van der Waals surface area contributed by atoms with E-state index in [-0.39, 0.29) is 17.3 Å². The second kappa shape index (κ2) is 6.29. The van der Waals surface area contributed by atoms with E-state index in [0.717, 1.165) is 12.8 Å². The maximum atomic E-state index is 10.8. The molecule has 1 aliphatic heterocycles. The fraction of sp³-hybridized carbons (Fsp3) is 0.462. The van der Waals surface area contributed by atoms with E-state index in [2.05, 4.69) is 0 Å². The van der Waals surface area contributed by atoms with Crippen molar-refractivity contribution < 1.29 is 19.6 Å². The molecule has 21 heavy (non-hydrogen) atoms. The summed E-state index contributed by atoms with van der Waals surface area (Å²) in [7, 11) is 0. The lowest BCUT2D eigenvalue weighted by atomic mass is 9.98. The first-order valence-electron chi connectivity index (χ1n) is 6.62. The number of amides is 1. The number of hydrogen-bond acceptors (Lipinski definition) is 5. The van der Waals surface area contributed by atoms with Gasteiger partial charge in [-0.15, -0.1) is 0 Å². The molecule has 114 valence electrons. The summed E-state index contributed by atoms with van der Waals surface area (Å²) in [6, 6.07) is 4.34. The normalized spacial score (nSPS) is 15.7. The molecule has 0 spiro atoms. The zero-order valence-electron chi connectivity index (χ0n) is 11.4. The maximum Gasteiger partial charge on any atom is 0.407 e. The highest BCUT2D eigenvalue weighted by atomic mass is 16.6.